The van der Waals surface area contributed by atoms with Crippen LogP contribution in [0, 0.1) is 5.92 Å². The number of oxazole rings is 1. The standard InChI is InChI=1S/C26H32N4O4S/c1-29(21-7-3-2-4-8-21)35(32,33)22-13-11-20(12-14-22)27-25(31)19-15-17-30(18-16-19)26-28-23-9-5-6-10-24(23)34-26/h5-6,9-14,19,21H,2-4,7-8,15-18H2,1H3,(H,27,31). The number of aromatic nitrogens is 1. The third kappa shape index (κ3) is 5.06. The number of rotatable bonds is 6. The van der Waals surface area contributed by atoms with Gasteiger partial charge in [0, 0.05) is 37.8 Å². The molecule has 186 valence electrons. The number of fused-ring (bicyclic) bond motifs is 1. The van der Waals surface area contributed by atoms with Crippen molar-refractivity contribution >= 4 is 38.7 Å². The first kappa shape index (κ1) is 23.8. The summed E-state index contributed by atoms with van der Waals surface area (Å²) in [4.78, 5) is 19.7. The van der Waals surface area contributed by atoms with E-state index in [0.29, 0.717) is 37.6 Å². The van der Waals surface area contributed by atoms with Crippen LogP contribution in [0.3, 0.4) is 0 Å². The van der Waals surface area contributed by atoms with Gasteiger partial charge in [0.2, 0.25) is 15.9 Å². The molecule has 1 aliphatic carbocycles. The molecule has 2 heterocycles. The summed E-state index contributed by atoms with van der Waals surface area (Å²) in [7, 11) is -1.87. The Kier molecular flexibility index (Phi) is 6.80. The van der Waals surface area contributed by atoms with Gasteiger partial charge in [0.05, 0.1) is 4.90 Å². The number of hydrogen-bond acceptors (Lipinski definition) is 6. The van der Waals surface area contributed by atoms with Crippen LogP contribution in [-0.4, -0.2) is 49.8 Å². The Morgan fingerprint density at radius 2 is 1.69 bits per heavy atom. The van der Waals surface area contributed by atoms with Crippen molar-refractivity contribution in [3.8, 4) is 0 Å². The van der Waals surface area contributed by atoms with Gasteiger partial charge in [-0.05, 0) is 62.1 Å². The summed E-state index contributed by atoms with van der Waals surface area (Å²) in [5.41, 5.74) is 2.20. The Balaban J connectivity index is 1.16. The number of carbonyl (C=O) groups excluding carboxylic acids is 1. The summed E-state index contributed by atoms with van der Waals surface area (Å²) in [5, 5.41) is 2.95. The Morgan fingerprint density at radius 3 is 2.37 bits per heavy atom. The largest absolute Gasteiger partial charge is 0.423 e. The van der Waals surface area contributed by atoms with Crippen molar-refractivity contribution in [2.24, 2.45) is 5.92 Å². The molecule has 1 saturated carbocycles. The maximum absolute atomic E-state index is 13.0. The summed E-state index contributed by atoms with van der Waals surface area (Å²) in [6, 6.07) is 14.9. The third-order valence-electron chi connectivity index (χ3n) is 7.31. The molecule has 1 aromatic heterocycles. The van der Waals surface area contributed by atoms with E-state index in [2.05, 4.69) is 15.2 Å². The van der Waals surface area contributed by atoms with Crippen LogP contribution in [0.5, 0.6) is 0 Å². The first-order valence-electron chi connectivity index (χ1n) is 12.4. The van der Waals surface area contributed by atoms with Crippen LogP contribution in [0.4, 0.5) is 11.7 Å². The lowest BCUT2D eigenvalue weighted by Gasteiger charge is -2.30. The van der Waals surface area contributed by atoms with Gasteiger partial charge in [0.1, 0.15) is 5.52 Å². The molecule has 9 heteroatoms. The second kappa shape index (κ2) is 9.99. The quantitative estimate of drug-likeness (QED) is 0.534. The normalized spacial score (nSPS) is 18.3. The Bertz CT molecular complexity index is 1240. The Labute approximate surface area is 206 Å². The first-order chi connectivity index (χ1) is 16.9. The highest BCUT2D eigenvalue weighted by Crippen LogP contribution is 2.29. The van der Waals surface area contributed by atoms with E-state index in [9.17, 15) is 13.2 Å². The predicted molar refractivity (Wildman–Crippen MR) is 136 cm³/mol. The summed E-state index contributed by atoms with van der Waals surface area (Å²) < 4.78 is 33.4. The van der Waals surface area contributed by atoms with Crippen LogP contribution in [0.2, 0.25) is 0 Å². The SMILES string of the molecule is CN(C1CCCCC1)S(=O)(=O)c1ccc(NC(=O)C2CCN(c3nc4ccccc4o3)CC2)cc1. The number of carbonyl (C=O) groups is 1. The van der Waals surface area contributed by atoms with E-state index in [4.69, 9.17) is 4.42 Å². The molecule has 0 unspecified atom stereocenters. The van der Waals surface area contributed by atoms with Gasteiger partial charge in [-0.15, -0.1) is 0 Å². The number of piperidine rings is 1. The zero-order chi connectivity index (χ0) is 24.4. The minimum Gasteiger partial charge on any atom is -0.423 e. The smallest absolute Gasteiger partial charge is 0.298 e. The highest BCUT2D eigenvalue weighted by molar-refractivity contribution is 7.89. The second-order valence-corrected chi connectivity index (χ2v) is 11.5. The molecule has 35 heavy (non-hydrogen) atoms. The van der Waals surface area contributed by atoms with Gasteiger partial charge in [-0.25, -0.2) is 8.42 Å². The van der Waals surface area contributed by atoms with Crippen molar-refractivity contribution in [3.63, 3.8) is 0 Å². The summed E-state index contributed by atoms with van der Waals surface area (Å²) >= 11 is 0. The third-order valence-corrected chi connectivity index (χ3v) is 9.23. The molecule has 2 fully saturated rings. The number of sulfonamides is 1. The molecule has 1 N–H and O–H groups in total. The Morgan fingerprint density at radius 1 is 1.00 bits per heavy atom. The molecule has 2 aromatic carbocycles. The molecule has 5 rings (SSSR count). The van der Waals surface area contributed by atoms with E-state index in [1.165, 1.54) is 10.7 Å². The fraction of sp³-hybridized carbons (Fsp3) is 0.462. The average molecular weight is 497 g/mol. The molecule has 2 aliphatic rings. The van der Waals surface area contributed by atoms with Crippen LogP contribution in [0.1, 0.15) is 44.9 Å². The topological polar surface area (TPSA) is 95.8 Å². The van der Waals surface area contributed by atoms with E-state index in [0.717, 1.165) is 36.8 Å². The zero-order valence-electron chi connectivity index (χ0n) is 20.0. The number of benzene rings is 2. The number of para-hydroxylation sites is 2. The van der Waals surface area contributed by atoms with Crippen molar-refractivity contribution in [2.45, 2.75) is 55.9 Å². The van der Waals surface area contributed by atoms with Crippen molar-refractivity contribution < 1.29 is 17.6 Å². The van der Waals surface area contributed by atoms with Gasteiger partial charge >= 0.3 is 0 Å². The molecule has 1 aliphatic heterocycles. The molecular weight excluding hydrogens is 464 g/mol. The number of anilines is 2. The summed E-state index contributed by atoms with van der Waals surface area (Å²) in [5.74, 6) is -0.159. The molecule has 8 nitrogen and oxygen atoms in total. The van der Waals surface area contributed by atoms with E-state index in [-0.39, 0.29) is 22.8 Å². The van der Waals surface area contributed by atoms with Crippen LogP contribution >= 0.6 is 0 Å². The maximum Gasteiger partial charge on any atom is 0.298 e. The van der Waals surface area contributed by atoms with E-state index >= 15 is 0 Å². The van der Waals surface area contributed by atoms with Gasteiger partial charge in [-0.3, -0.25) is 4.79 Å². The summed E-state index contributed by atoms with van der Waals surface area (Å²) in [6.07, 6.45) is 6.54. The van der Waals surface area contributed by atoms with Gasteiger partial charge in [0.25, 0.3) is 6.01 Å². The molecule has 0 radical (unpaired) electrons. The number of hydrogen-bond donors (Lipinski definition) is 1. The molecule has 3 aromatic rings. The molecule has 1 amide bonds. The maximum atomic E-state index is 13.0. The van der Waals surface area contributed by atoms with Gasteiger partial charge in [0.15, 0.2) is 5.58 Å². The number of nitrogens with one attached hydrogen (secondary N) is 1. The fourth-order valence-electron chi connectivity index (χ4n) is 5.09. The van der Waals surface area contributed by atoms with E-state index in [1.54, 1.807) is 31.3 Å². The van der Waals surface area contributed by atoms with E-state index < -0.39 is 10.0 Å². The van der Waals surface area contributed by atoms with Crippen LogP contribution in [0.15, 0.2) is 57.8 Å². The molecule has 1 saturated heterocycles. The van der Waals surface area contributed by atoms with Crippen molar-refractivity contribution in [1.82, 2.24) is 9.29 Å². The van der Waals surface area contributed by atoms with Gasteiger partial charge in [-0.2, -0.15) is 9.29 Å². The highest BCUT2D eigenvalue weighted by atomic mass is 32.2. The van der Waals surface area contributed by atoms with Crippen molar-refractivity contribution in [3.05, 3.63) is 48.5 Å². The molecule has 0 spiro atoms. The minimum atomic E-state index is -3.55. The Hall–Kier alpha value is -2.91. The number of nitrogens with zero attached hydrogens (tertiary/aromatic N) is 3. The van der Waals surface area contributed by atoms with Crippen LogP contribution < -0.4 is 10.2 Å². The van der Waals surface area contributed by atoms with Crippen LogP contribution in [0.25, 0.3) is 11.1 Å². The predicted octanol–water partition coefficient (Wildman–Crippen LogP) is 4.64. The minimum absolute atomic E-state index is 0.0443. The molecular formula is C26H32N4O4S. The second-order valence-electron chi connectivity index (χ2n) is 9.55. The lowest BCUT2D eigenvalue weighted by Crippen LogP contribution is -2.38. The average Bonchev–Trinajstić information content (AvgIpc) is 3.33. The fourth-order valence-corrected chi connectivity index (χ4v) is 6.51. The number of amides is 1. The van der Waals surface area contributed by atoms with Gasteiger partial charge < -0.3 is 14.6 Å². The lowest BCUT2D eigenvalue weighted by atomic mass is 9.96. The van der Waals surface area contributed by atoms with E-state index in [1.807, 2.05) is 24.3 Å². The van der Waals surface area contributed by atoms with Gasteiger partial charge in [-0.1, -0.05) is 31.4 Å². The van der Waals surface area contributed by atoms with Crippen molar-refractivity contribution in [2.75, 3.05) is 30.4 Å². The lowest BCUT2D eigenvalue weighted by molar-refractivity contribution is -0.120. The first-order valence-corrected chi connectivity index (χ1v) is 13.9. The molecule has 0 atom stereocenters. The monoisotopic (exact) mass is 496 g/mol. The zero-order valence-corrected chi connectivity index (χ0v) is 20.8. The van der Waals surface area contributed by atoms with Crippen LogP contribution in [-0.2, 0) is 14.8 Å². The van der Waals surface area contributed by atoms with Crippen molar-refractivity contribution in [1.29, 1.82) is 0 Å². The highest BCUT2D eigenvalue weighted by Gasteiger charge is 2.30. The summed E-state index contributed by atoms with van der Waals surface area (Å²) in [6.45, 7) is 1.38. The molecule has 0 bridgehead atoms.